The average Bonchev–Trinajstić information content (AvgIpc) is 1.97. The molecule has 0 saturated carbocycles. The van der Waals surface area contributed by atoms with E-state index in [1.54, 1.807) is 6.20 Å². The Morgan fingerprint density at radius 1 is 1.78 bits per heavy atom. The maximum absolute atomic E-state index is 4.11. The van der Waals surface area contributed by atoms with Gasteiger partial charge in [0.25, 0.3) is 0 Å². The van der Waals surface area contributed by atoms with Crippen molar-refractivity contribution in [2.24, 2.45) is 4.99 Å². The summed E-state index contributed by atoms with van der Waals surface area (Å²) in [6.45, 7) is 3.92. The van der Waals surface area contributed by atoms with Crippen LogP contribution in [0.3, 0.4) is 0 Å². The molecule has 1 aliphatic heterocycles. The number of hydrogen-bond donors (Lipinski definition) is 0. The molecule has 2 heteroatoms. The summed E-state index contributed by atoms with van der Waals surface area (Å²) < 4.78 is 0. The van der Waals surface area contributed by atoms with Crippen molar-refractivity contribution in [3.63, 3.8) is 0 Å². The lowest BCUT2D eigenvalue weighted by Gasteiger charge is -1.82. The summed E-state index contributed by atoms with van der Waals surface area (Å²) in [5.74, 6) is 0. The first-order chi connectivity index (χ1) is 4.29. The van der Waals surface area contributed by atoms with E-state index in [4.69, 9.17) is 0 Å². The van der Waals surface area contributed by atoms with Gasteiger partial charge in [0, 0.05) is 6.21 Å². The molecule has 0 aromatic heterocycles. The molecule has 0 bridgehead atoms. The van der Waals surface area contributed by atoms with Crippen molar-refractivity contribution >= 4 is 6.21 Å². The van der Waals surface area contributed by atoms with Gasteiger partial charge in [-0.25, -0.2) is 0 Å². The third-order valence-electron chi connectivity index (χ3n) is 1.03. The summed E-state index contributed by atoms with van der Waals surface area (Å²) in [5, 5.41) is 0. The smallest absolute Gasteiger partial charge is 0.270 e. The molecule has 0 aliphatic carbocycles. The average molecular weight is 121 g/mol. The Morgan fingerprint density at radius 3 is 3.33 bits per heavy atom. The Balaban J connectivity index is 2.82. The molecule has 46 valence electrons. The third kappa shape index (κ3) is 1.69. The highest BCUT2D eigenvalue weighted by Crippen LogP contribution is 1.96. The van der Waals surface area contributed by atoms with Crippen molar-refractivity contribution in [3.05, 3.63) is 16.6 Å². The molecule has 0 aromatic rings. The molecule has 0 fully saturated rings. The molecule has 2 nitrogen and oxygen atoms in total. The first-order valence-electron chi connectivity index (χ1n) is 2.94. The maximum atomic E-state index is 4.11. The van der Waals surface area contributed by atoms with E-state index in [-0.39, 0.29) is 6.04 Å². The quantitative estimate of drug-likeness (QED) is 0.464. The van der Waals surface area contributed by atoms with Crippen LogP contribution >= 0.6 is 0 Å². The molecule has 1 atom stereocenters. The number of rotatable bonds is 0. The fraction of sp³-hybridized carbons (Fsp3) is 0.429. The van der Waals surface area contributed by atoms with Gasteiger partial charge < -0.3 is 0 Å². The summed E-state index contributed by atoms with van der Waals surface area (Å²) in [4.78, 5) is 8.00. The molecule has 0 spiro atoms. The van der Waals surface area contributed by atoms with E-state index in [0.29, 0.717) is 0 Å². The van der Waals surface area contributed by atoms with E-state index in [1.165, 1.54) is 0 Å². The zero-order chi connectivity index (χ0) is 6.69. The Labute approximate surface area is 54.7 Å². The zero-order valence-electron chi connectivity index (χ0n) is 5.63. The van der Waals surface area contributed by atoms with E-state index < -0.39 is 0 Å². The number of nitrogens with zero attached hydrogens (tertiary/aromatic N) is 2. The lowest BCUT2D eigenvalue weighted by atomic mass is 10.3. The van der Waals surface area contributed by atoms with Crippen molar-refractivity contribution in [2.75, 3.05) is 0 Å². The topological polar surface area (TPSA) is 16.7 Å². The van der Waals surface area contributed by atoms with Crippen LogP contribution in [0.1, 0.15) is 13.8 Å². The molecule has 1 aliphatic rings. The van der Waals surface area contributed by atoms with Crippen LogP contribution in [0.2, 0.25) is 0 Å². The van der Waals surface area contributed by atoms with Crippen molar-refractivity contribution in [2.45, 2.75) is 19.9 Å². The van der Waals surface area contributed by atoms with Crippen LogP contribution in [0.25, 0.3) is 4.85 Å². The lowest BCUT2D eigenvalue weighted by Crippen LogP contribution is -1.90. The number of allylic oxidation sites excluding steroid dienone is 1. The minimum atomic E-state index is 0.110. The van der Waals surface area contributed by atoms with E-state index >= 15 is 0 Å². The Morgan fingerprint density at radius 2 is 2.56 bits per heavy atom. The predicted molar refractivity (Wildman–Crippen MR) is 39.0 cm³/mol. The molecule has 0 saturated heterocycles. The second kappa shape index (κ2) is 2.45. The molecule has 1 heterocycles. The summed E-state index contributed by atoms with van der Waals surface area (Å²) in [7, 11) is 0. The largest absolute Gasteiger partial charge is 0.310 e. The van der Waals surface area contributed by atoms with E-state index in [2.05, 4.69) is 15.9 Å². The van der Waals surface area contributed by atoms with E-state index in [0.717, 1.165) is 5.57 Å². The summed E-state index contributed by atoms with van der Waals surface area (Å²) in [5.41, 5.74) is 1.08. The number of hydrogen-bond acceptors (Lipinski definition) is 1. The third-order valence-corrected chi connectivity index (χ3v) is 1.03. The first-order valence-corrected chi connectivity index (χ1v) is 2.94. The minimum Gasteiger partial charge on any atom is -0.270 e. The van der Waals surface area contributed by atoms with Gasteiger partial charge in [0.05, 0.1) is 5.57 Å². The molecule has 0 radical (unpaired) electrons. The van der Waals surface area contributed by atoms with Gasteiger partial charge in [-0.15, -0.1) is 0 Å². The molecular formula is C7H9N2+. The standard InChI is InChI=1S/C7H9N2/c1-6-3-8-5-7(2)9-4-6/h3-4,7H,1-2H3/q+1. The van der Waals surface area contributed by atoms with Gasteiger partial charge in [-0.2, -0.15) is 0 Å². The van der Waals surface area contributed by atoms with Gasteiger partial charge >= 0.3 is 12.3 Å². The molecule has 9 heavy (non-hydrogen) atoms. The highest BCUT2D eigenvalue weighted by atomic mass is 14.8. The van der Waals surface area contributed by atoms with Crippen LogP contribution < -0.4 is 0 Å². The van der Waals surface area contributed by atoms with Crippen LogP contribution in [-0.4, -0.2) is 12.3 Å². The van der Waals surface area contributed by atoms with Crippen molar-refractivity contribution in [3.8, 4) is 6.07 Å². The highest BCUT2D eigenvalue weighted by molar-refractivity contribution is 5.78. The monoisotopic (exact) mass is 121 g/mol. The normalized spacial score (nSPS) is 23.8. The van der Waals surface area contributed by atoms with Crippen molar-refractivity contribution in [1.82, 2.24) is 0 Å². The maximum Gasteiger partial charge on any atom is 0.310 e. The molecule has 0 N–H and O–H groups in total. The van der Waals surface area contributed by atoms with Crippen LogP contribution in [0.5, 0.6) is 0 Å². The fourth-order valence-corrected chi connectivity index (χ4v) is 0.543. The summed E-state index contributed by atoms with van der Waals surface area (Å²) in [6.07, 6.45) is 3.57. The molecular weight excluding hydrogens is 112 g/mol. The zero-order valence-corrected chi connectivity index (χ0v) is 5.63. The van der Waals surface area contributed by atoms with Crippen molar-refractivity contribution < 1.29 is 0 Å². The van der Waals surface area contributed by atoms with Crippen LogP contribution in [0, 0.1) is 6.07 Å². The Bertz CT molecular complexity index is 215. The van der Waals surface area contributed by atoms with Gasteiger partial charge in [-0.05, 0) is 18.7 Å². The Kier molecular flexibility index (Phi) is 1.64. The van der Waals surface area contributed by atoms with Gasteiger partial charge in [0.1, 0.15) is 0 Å². The second-order valence-electron chi connectivity index (χ2n) is 2.09. The van der Waals surface area contributed by atoms with E-state index in [9.17, 15) is 0 Å². The van der Waals surface area contributed by atoms with E-state index in [1.807, 2.05) is 20.1 Å². The summed E-state index contributed by atoms with van der Waals surface area (Å²) >= 11 is 0. The van der Waals surface area contributed by atoms with Crippen LogP contribution in [0.4, 0.5) is 0 Å². The molecule has 0 aromatic carbocycles. The fourth-order valence-electron chi connectivity index (χ4n) is 0.543. The minimum absolute atomic E-state index is 0.110. The second-order valence-corrected chi connectivity index (χ2v) is 2.09. The molecule has 1 rings (SSSR count). The molecule has 0 amide bonds. The van der Waals surface area contributed by atoms with Gasteiger partial charge in [-0.1, -0.05) is 0 Å². The van der Waals surface area contributed by atoms with Gasteiger partial charge in [0.15, 0.2) is 6.04 Å². The summed E-state index contributed by atoms with van der Waals surface area (Å²) in [6, 6.07) is 2.94. The van der Waals surface area contributed by atoms with Crippen molar-refractivity contribution in [1.29, 1.82) is 0 Å². The highest BCUT2D eigenvalue weighted by Gasteiger charge is 2.02. The predicted octanol–water partition coefficient (Wildman–Crippen LogP) is 1.70. The SMILES string of the molecule is CC1=C[N+]#CC(C)N=C1. The van der Waals surface area contributed by atoms with Gasteiger partial charge in [-0.3, -0.25) is 4.99 Å². The van der Waals surface area contributed by atoms with Crippen LogP contribution in [-0.2, 0) is 0 Å². The number of aliphatic imine (C=N–C) groups is 1. The Hall–Kier alpha value is -1.10. The first kappa shape index (κ1) is 6.03. The molecule has 1 unspecified atom stereocenters. The van der Waals surface area contributed by atoms with Crippen LogP contribution in [0.15, 0.2) is 16.8 Å². The lowest BCUT2D eigenvalue weighted by molar-refractivity contribution is 0.965. The van der Waals surface area contributed by atoms with Gasteiger partial charge in [0.2, 0.25) is 0 Å².